The predicted octanol–water partition coefficient (Wildman–Crippen LogP) is 1.71. The van der Waals surface area contributed by atoms with E-state index in [2.05, 4.69) is 9.97 Å². The summed E-state index contributed by atoms with van der Waals surface area (Å²) >= 11 is 5.78. The molecule has 0 aliphatic heterocycles. The van der Waals surface area contributed by atoms with Crippen LogP contribution in [0.2, 0.25) is 5.02 Å². The Morgan fingerprint density at radius 1 is 1.64 bits per heavy atom. The van der Waals surface area contributed by atoms with Gasteiger partial charge in [0.05, 0.1) is 16.8 Å². The minimum atomic E-state index is -0.619. The van der Waals surface area contributed by atoms with Gasteiger partial charge < -0.3 is 10.7 Å². The number of nitro groups is 1. The maximum absolute atomic E-state index is 10.6. The monoisotopic (exact) mass is 212 g/mol. The zero-order chi connectivity index (χ0) is 10.3. The number of rotatable bonds is 1. The molecule has 0 fully saturated rings. The largest absolute Gasteiger partial charge is 0.393 e. The summed E-state index contributed by atoms with van der Waals surface area (Å²) in [5.74, 6) is 0. The lowest BCUT2D eigenvalue weighted by molar-refractivity contribution is -0.383. The third-order valence-electron chi connectivity index (χ3n) is 1.84. The summed E-state index contributed by atoms with van der Waals surface area (Å²) in [5, 5.41) is 10.6. The fourth-order valence-electron chi connectivity index (χ4n) is 1.24. The number of nitrogens with zero attached hydrogens (tertiary/aromatic N) is 2. The Kier molecular flexibility index (Phi) is 1.78. The second-order valence-corrected chi connectivity index (χ2v) is 3.06. The molecular formula is C7H5ClN4O2. The fraction of sp³-hybridized carbons (Fsp3) is 0. The van der Waals surface area contributed by atoms with Crippen molar-refractivity contribution in [3.05, 3.63) is 27.5 Å². The Hall–Kier alpha value is -1.82. The number of fused-ring (bicyclic) bond motifs is 1. The van der Waals surface area contributed by atoms with E-state index in [1.807, 2.05) is 0 Å². The molecule has 0 atom stereocenters. The molecule has 14 heavy (non-hydrogen) atoms. The third kappa shape index (κ3) is 1.08. The third-order valence-corrected chi connectivity index (χ3v) is 2.20. The normalized spacial score (nSPS) is 10.6. The first-order valence-corrected chi connectivity index (χ1v) is 4.04. The molecule has 0 radical (unpaired) electrons. The van der Waals surface area contributed by atoms with Gasteiger partial charge in [-0.15, -0.1) is 0 Å². The molecular weight excluding hydrogens is 208 g/mol. The first-order valence-electron chi connectivity index (χ1n) is 3.66. The molecule has 0 spiro atoms. The summed E-state index contributed by atoms with van der Waals surface area (Å²) in [6.07, 6.45) is 1.40. The van der Waals surface area contributed by atoms with Gasteiger partial charge in [0, 0.05) is 0 Å². The summed E-state index contributed by atoms with van der Waals surface area (Å²) in [5.41, 5.74) is 6.13. The van der Waals surface area contributed by atoms with Crippen LogP contribution in [-0.4, -0.2) is 14.9 Å². The van der Waals surface area contributed by atoms with Crippen molar-refractivity contribution in [1.82, 2.24) is 9.97 Å². The van der Waals surface area contributed by atoms with Crippen molar-refractivity contribution < 1.29 is 4.92 Å². The van der Waals surface area contributed by atoms with Crippen LogP contribution in [0.4, 0.5) is 11.4 Å². The Morgan fingerprint density at radius 2 is 2.36 bits per heavy atom. The molecule has 1 aromatic carbocycles. The van der Waals surface area contributed by atoms with Crippen molar-refractivity contribution in [2.75, 3.05) is 5.73 Å². The van der Waals surface area contributed by atoms with Crippen LogP contribution < -0.4 is 5.73 Å². The van der Waals surface area contributed by atoms with Crippen molar-refractivity contribution in [3.63, 3.8) is 0 Å². The first kappa shape index (κ1) is 8.76. The van der Waals surface area contributed by atoms with Crippen LogP contribution in [0.5, 0.6) is 0 Å². The molecule has 0 unspecified atom stereocenters. The molecule has 72 valence electrons. The summed E-state index contributed by atoms with van der Waals surface area (Å²) in [7, 11) is 0. The number of anilines is 1. The molecule has 0 saturated heterocycles. The molecule has 0 aliphatic carbocycles. The molecule has 0 amide bonds. The molecule has 7 heteroatoms. The van der Waals surface area contributed by atoms with Gasteiger partial charge in [-0.25, -0.2) is 4.98 Å². The van der Waals surface area contributed by atoms with Crippen LogP contribution in [-0.2, 0) is 0 Å². The van der Waals surface area contributed by atoms with E-state index in [1.165, 1.54) is 12.4 Å². The maximum Gasteiger partial charge on any atom is 0.312 e. The van der Waals surface area contributed by atoms with E-state index in [1.54, 1.807) is 0 Å². The van der Waals surface area contributed by atoms with Gasteiger partial charge in [-0.2, -0.15) is 0 Å². The van der Waals surface area contributed by atoms with Gasteiger partial charge in [-0.1, -0.05) is 11.6 Å². The Labute approximate surface area is 82.8 Å². The van der Waals surface area contributed by atoms with E-state index in [0.29, 0.717) is 11.0 Å². The molecule has 3 N–H and O–H groups in total. The molecule has 0 bridgehead atoms. The number of halogens is 1. The number of imidazole rings is 1. The van der Waals surface area contributed by atoms with Crippen molar-refractivity contribution in [2.24, 2.45) is 0 Å². The molecule has 6 nitrogen and oxygen atoms in total. The second kappa shape index (κ2) is 2.85. The quantitative estimate of drug-likeness (QED) is 0.427. The van der Waals surface area contributed by atoms with Gasteiger partial charge in [-0.05, 0) is 6.07 Å². The number of H-pyrrole nitrogens is 1. The molecule has 1 aromatic heterocycles. The number of nitrogens with two attached hydrogens (primary N) is 1. The molecule has 0 saturated carbocycles. The smallest absolute Gasteiger partial charge is 0.312 e. The van der Waals surface area contributed by atoms with Crippen LogP contribution >= 0.6 is 11.6 Å². The van der Waals surface area contributed by atoms with E-state index in [9.17, 15) is 10.1 Å². The average molecular weight is 213 g/mol. The maximum atomic E-state index is 10.6. The number of nitrogens with one attached hydrogen (secondary N) is 1. The van der Waals surface area contributed by atoms with E-state index in [0.717, 1.165) is 0 Å². The number of nitrogen functional groups attached to an aromatic ring is 1. The Balaban J connectivity index is 2.89. The molecule has 1 heterocycles. The van der Waals surface area contributed by atoms with Crippen molar-refractivity contribution in [2.45, 2.75) is 0 Å². The van der Waals surface area contributed by atoms with E-state index < -0.39 is 4.92 Å². The van der Waals surface area contributed by atoms with Crippen LogP contribution in [0.25, 0.3) is 11.0 Å². The summed E-state index contributed by atoms with van der Waals surface area (Å²) < 4.78 is 0. The number of hydrogen-bond acceptors (Lipinski definition) is 4. The van der Waals surface area contributed by atoms with Gasteiger partial charge >= 0.3 is 5.69 Å². The van der Waals surface area contributed by atoms with E-state index >= 15 is 0 Å². The Bertz CT molecular complexity index is 522. The van der Waals surface area contributed by atoms with Crippen molar-refractivity contribution >= 4 is 34.0 Å². The summed E-state index contributed by atoms with van der Waals surface area (Å²) in [6, 6.07) is 1.44. The average Bonchev–Trinajstić information content (AvgIpc) is 2.50. The van der Waals surface area contributed by atoms with Gasteiger partial charge in [0.1, 0.15) is 16.2 Å². The molecule has 0 aliphatic rings. The minimum Gasteiger partial charge on any atom is -0.393 e. The Morgan fingerprint density at radius 3 is 3.00 bits per heavy atom. The van der Waals surface area contributed by atoms with Crippen molar-refractivity contribution in [1.29, 1.82) is 0 Å². The highest BCUT2D eigenvalue weighted by Crippen LogP contribution is 2.35. The number of aromatic nitrogens is 2. The lowest BCUT2D eigenvalue weighted by Crippen LogP contribution is -1.96. The standard InChI is InChI=1S/C7H5ClN4O2/c8-5-6-4(10-2-11-6)1-3(9)7(5)12(13)14/h1-2H,9H2,(H,10,11). The van der Waals surface area contributed by atoms with E-state index in [-0.39, 0.29) is 16.4 Å². The zero-order valence-electron chi connectivity index (χ0n) is 6.82. The van der Waals surface area contributed by atoms with Gasteiger partial charge in [0.15, 0.2) is 0 Å². The summed E-state index contributed by atoms with van der Waals surface area (Å²) in [6.45, 7) is 0. The van der Waals surface area contributed by atoms with E-state index in [4.69, 9.17) is 17.3 Å². The lowest BCUT2D eigenvalue weighted by Gasteiger charge is -1.99. The minimum absolute atomic E-state index is 0.0248. The first-order chi connectivity index (χ1) is 6.61. The van der Waals surface area contributed by atoms with Crippen LogP contribution in [0, 0.1) is 10.1 Å². The topological polar surface area (TPSA) is 97.8 Å². The summed E-state index contributed by atoms with van der Waals surface area (Å²) in [4.78, 5) is 16.6. The van der Waals surface area contributed by atoms with Gasteiger partial charge in [0.25, 0.3) is 0 Å². The molecule has 2 rings (SSSR count). The second-order valence-electron chi connectivity index (χ2n) is 2.68. The predicted molar refractivity (Wildman–Crippen MR) is 52.2 cm³/mol. The van der Waals surface area contributed by atoms with Crippen LogP contribution in [0.1, 0.15) is 0 Å². The lowest BCUT2D eigenvalue weighted by atomic mass is 10.2. The highest BCUT2D eigenvalue weighted by Gasteiger charge is 2.21. The van der Waals surface area contributed by atoms with Crippen LogP contribution in [0.15, 0.2) is 12.4 Å². The zero-order valence-corrected chi connectivity index (χ0v) is 7.58. The fourth-order valence-corrected chi connectivity index (χ4v) is 1.57. The molecule has 2 aromatic rings. The number of benzene rings is 1. The highest BCUT2D eigenvalue weighted by atomic mass is 35.5. The number of hydrogen-bond donors (Lipinski definition) is 2. The number of nitro benzene ring substituents is 1. The number of aromatic amines is 1. The van der Waals surface area contributed by atoms with Crippen molar-refractivity contribution in [3.8, 4) is 0 Å². The SMILES string of the molecule is Nc1cc2[nH]cnc2c(Cl)c1[N+](=O)[O-]. The van der Waals surface area contributed by atoms with Gasteiger partial charge in [0.2, 0.25) is 0 Å². The highest BCUT2D eigenvalue weighted by molar-refractivity contribution is 6.37. The van der Waals surface area contributed by atoms with Gasteiger partial charge in [-0.3, -0.25) is 10.1 Å². The van der Waals surface area contributed by atoms with Crippen LogP contribution in [0.3, 0.4) is 0 Å².